The van der Waals surface area contributed by atoms with E-state index in [2.05, 4.69) is 15.5 Å². The second kappa shape index (κ2) is 9.48. The number of hydrogen-bond donors (Lipinski definition) is 1. The van der Waals surface area contributed by atoms with Gasteiger partial charge in [0.05, 0.1) is 12.3 Å². The first kappa shape index (κ1) is 16.6. The third kappa shape index (κ3) is 6.52. The van der Waals surface area contributed by atoms with Gasteiger partial charge in [-0.2, -0.15) is 5.10 Å². The van der Waals surface area contributed by atoms with Gasteiger partial charge in [0.25, 0.3) is 0 Å². The monoisotopic (exact) mass is 305 g/mol. The van der Waals surface area contributed by atoms with Gasteiger partial charge in [-0.3, -0.25) is 0 Å². The van der Waals surface area contributed by atoms with E-state index in [1.807, 2.05) is 6.07 Å². The maximum absolute atomic E-state index is 5.66. The minimum Gasteiger partial charge on any atom is -0.375 e. The quantitative estimate of drug-likeness (QED) is 0.821. The van der Waals surface area contributed by atoms with Crippen molar-refractivity contribution in [1.82, 2.24) is 15.5 Å². The first-order chi connectivity index (χ1) is 8.84. The van der Waals surface area contributed by atoms with Gasteiger partial charge >= 0.3 is 0 Å². The van der Waals surface area contributed by atoms with Crippen molar-refractivity contribution in [2.24, 2.45) is 5.92 Å². The Hall–Kier alpha value is -0.420. The summed E-state index contributed by atoms with van der Waals surface area (Å²) < 4.78 is 5.58. The number of ether oxygens (including phenoxy) is 1. The Balaban J connectivity index is 0.00000180. The first-order valence-electron chi connectivity index (χ1n) is 6.61. The topological polar surface area (TPSA) is 47.0 Å². The van der Waals surface area contributed by atoms with Crippen LogP contribution in [0.25, 0.3) is 0 Å². The van der Waals surface area contributed by atoms with E-state index in [-0.39, 0.29) is 12.4 Å². The van der Waals surface area contributed by atoms with Crippen LogP contribution in [0.5, 0.6) is 0 Å². The molecular formula is C13H21Cl2N3O. The van der Waals surface area contributed by atoms with Gasteiger partial charge in [0.15, 0.2) is 5.15 Å². The number of nitrogens with zero attached hydrogens (tertiary/aromatic N) is 2. The molecule has 0 aromatic carbocycles. The smallest absolute Gasteiger partial charge is 0.151 e. The largest absolute Gasteiger partial charge is 0.375 e. The average Bonchev–Trinajstić information content (AvgIpc) is 2.42. The lowest BCUT2D eigenvalue weighted by Crippen LogP contribution is -2.29. The molecule has 0 bridgehead atoms. The predicted octanol–water partition coefficient (Wildman–Crippen LogP) is 2.85. The van der Waals surface area contributed by atoms with Gasteiger partial charge in [-0.15, -0.1) is 17.5 Å². The van der Waals surface area contributed by atoms with Crippen molar-refractivity contribution in [3.63, 3.8) is 0 Å². The summed E-state index contributed by atoms with van der Waals surface area (Å²) in [6, 6.07) is 3.58. The van der Waals surface area contributed by atoms with E-state index in [1.165, 1.54) is 32.4 Å². The van der Waals surface area contributed by atoms with Crippen LogP contribution in [-0.4, -0.2) is 29.9 Å². The number of piperidine rings is 1. The van der Waals surface area contributed by atoms with Crippen LogP contribution in [0.2, 0.25) is 5.15 Å². The Morgan fingerprint density at radius 3 is 2.95 bits per heavy atom. The van der Waals surface area contributed by atoms with Crippen molar-refractivity contribution >= 4 is 24.0 Å². The highest BCUT2D eigenvalue weighted by Crippen LogP contribution is 2.15. The highest BCUT2D eigenvalue weighted by Gasteiger charge is 2.11. The Bertz CT molecular complexity index is 342. The fourth-order valence-electron chi connectivity index (χ4n) is 2.24. The number of hydrogen-bond acceptors (Lipinski definition) is 4. The molecule has 1 aliphatic heterocycles. The van der Waals surface area contributed by atoms with Crippen molar-refractivity contribution in [3.8, 4) is 0 Å². The summed E-state index contributed by atoms with van der Waals surface area (Å²) in [5.41, 5.74) is 0.832. The molecule has 1 aromatic rings. The number of nitrogens with one attached hydrogen (secondary N) is 1. The van der Waals surface area contributed by atoms with E-state index in [0.29, 0.717) is 11.8 Å². The second-order valence-corrected chi connectivity index (χ2v) is 5.14. The van der Waals surface area contributed by atoms with Gasteiger partial charge in [0.1, 0.15) is 0 Å². The maximum atomic E-state index is 5.66. The molecular weight excluding hydrogens is 285 g/mol. The van der Waals surface area contributed by atoms with Crippen molar-refractivity contribution in [2.75, 3.05) is 19.7 Å². The van der Waals surface area contributed by atoms with E-state index in [1.54, 1.807) is 6.07 Å². The molecule has 1 aromatic heterocycles. The molecule has 1 aliphatic rings. The fraction of sp³-hybridized carbons (Fsp3) is 0.692. The Morgan fingerprint density at radius 1 is 1.37 bits per heavy atom. The summed E-state index contributed by atoms with van der Waals surface area (Å²) in [6.07, 6.45) is 5.04. The lowest BCUT2D eigenvalue weighted by molar-refractivity contribution is 0.109. The standard InChI is InChI=1S/C13H20ClN3O.ClH/c14-13-6-5-12(16-17-13)10-18-8-2-4-11-3-1-7-15-9-11;/h5-6,11,15H,1-4,7-10H2;1H. The number of aromatic nitrogens is 2. The number of rotatable bonds is 6. The van der Waals surface area contributed by atoms with Crippen LogP contribution in [0, 0.1) is 5.92 Å². The zero-order valence-corrected chi connectivity index (χ0v) is 12.6. The van der Waals surface area contributed by atoms with Gasteiger partial charge < -0.3 is 10.1 Å². The van der Waals surface area contributed by atoms with Crippen molar-refractivity contribution in [3.05, 3.63) is 23.0 Å². The molecule has 0 spiro atoms. The molecule has 1 atom stereocenters. The van der Waals surface area contributed by atoms with Crippen LogP contribution >= 0.6 is 24.0 Å². The van der Waals surface area contributed by atoms with Gasteiger partial charge in [-0.1, -0.05) is 11.6 Å². The van der Waals surface area contributed by atoms with Crippen molar-refractivity contribution < 1.29 is 4.74 Å². The normalized spacial score (nSPS) is 18.9. The number of halogens is 2. The van der Waals surface area contributed by atoms with Gasteiger partial charge in [-0.25, -0.2) is 0 Å². The second-order valence-electron chi connectivity index (χ2n) is 4.75. The van der Waals surface area contributed by atoms with E-state index in [4.69, 9.17) is 16.3 Å². The highest BCUT2D eigenvalue weighted by molar-refractivity contribution is 6.29. The Labute approximate surface area is 125 Å². The fourth-order valence-corrected chi connectivity index (χ4v) is 2.34. The van der Waals surface area contributed by atoms with E-state index < -0.39 is 0 Å². The highest BCUT2D eigenvalue weighted by atomic mass is 35.5. The third-order valence-electron chi connectivity index (χ3n) is 3.24. The molecule has 0 saturated carbocycles. The zero-order chi connectivity index (χ0) is 12.6. The van der Waals surface area contributed by atoms with Gasteiger partial charge in [0.2, 0.25) is 0 Å². The summed E-state index contributed by atoms with van der Waals surface area (Å²) in [7, 11) is 0. The van der Waals surface area contributed by atoms with Crippen LogP contribution in [0.15, 0.2) is 12.1 Å². The summed E-state index contributed by atoms with van der Waals surface area (Å²) in [5, 5.41) is 11.6. The lowest BCUT2D eigenvalue weighted by Gasteiger charge is -2.22. The minimum absolute atomic E-state index is 0. The zero-order valence-electron chi connectivity index (χ0n) is 11.0. The third-order valence-corrected chi connectivity index (χ3v) is 3.44. The molecule has 0 radical (unpaired) electrons. The predicted molar refractivity (Wildman–Crippen MR) is 78.8 cm³/mol. The molecule has 0 aliphatic carbocycles. The van der Waals surface area contributed by atoms with Crippen LogP contribution in [0.4, 0.5) is 0 Å². The summed E-state index contributed by atoms with van der Waals surface area (Å²) >= 11 is 5.66. The molecule has 19 heavy (non-hydrogen) atoms. The van der Waals surface area contributed by atoms with Crippen LogP contribution in [-0.2, 0) is 11.3 Å². The molecule has 1 N–H and O–H groups in total. The summed E-state index contributed by atoms with van der Waals surface area (Å²) in [6.45, 7) is 3.67. The van der Waals surface area contributed by atoms with E-state index >= 15 is 0 Å². The molecule has 6 heteroatoms. The Kier molecular flexibility index (Phi) is 8.30. The minimum atomic E-state index is 0. The van der Waals surface area contributed by atoms with Crippen molar-refractivity contribution in [2.45, 2.75) is 32.3 Å². The first-order valence-corrected chi connectivity index (χ1v) is 6.99. The Morgan fingerprint density at radius 2 is 2.26 bits per heavy atom. The molecule has 1 unspecified atom stereocenters. The van der Waals surface area contributed by atoms with E-state index in [0.717, 1.165) is 24.6 Å². The molecule has 108 valence electrons. The van der Waals surface area contributed by atoms with Crippen LogP contribution < -0.4 is 5.32 Å². The van der Waals surface area contributed by atoms with Crippen LogP contribution in [0.1, 0.15) is 31.4 Å². The van der Waals surface area contributed by atoms with Gasteiger partial charge in [-0.05, 0) is 56.8 Å². The SMILES string of the molecule is Cl.Clc1ccc(COCCCC2CCCNC2)nn1. The molecule has 1 saturated heterocycles. The summed E-state index contributed by atoms with van der Waals surface area (Å²) in [5.74, 6) is 0.831. The molecule has 2 rings (SSSR count). The lowest BCUT2D eigenvalue weighted by atomic mass is 9.95. The van der Waals surface area contributed by atoms with Gasteiger partial charge in [0, 0.05) is 6.61 Å². The molecule has 1 fully saturated rings. The van der Waals surface area contributed by atoms with Crippen LogP contribution in [0.3, 0.4) is 0 Å². The van der Waals surface area contributed by atoms with Crippen molar-refractivity contribution in [1.29, 1.82) is 0 Å². The van der Waals surface area contributed by atoms with E-state index in [9.17, 15) is 0 Å². The average molecular weight is 306 g/mol. The molecule has 0 amide bonds. The maximum Gasteiger partial charge on any atom is 0.151 e. The summed E-state index contributed by atoms with van der Waals surface area (Å²) in [4.78, 5) is 0. The molecule has 2 heterocycles. The molecule has 4 nitrogen and oxygen atoms in total.